The number of fused-ring (bicyclic) bond motifs is 3. The number of nitrogens with one attached hydrogen (secondary N) is 1. The summed E-state index contributed by atoms with van der Waals surface area (Å²) in [4.78, 5) is 23.4. The zero-order chi connectivity index (χ0) is 30.5. The van der Waals surface area contributed by atoms with Gasteiger partial charge in [0.05, 0.1) is 48.2 Å². The fourth-order valence-electron chi connectivity index (χ4n) is 6.08. The first-order valence-electron chi connectivity index (χ1n) is 14.4. The van der Waals surface area contributed by atoms with E-state index >= 15 is 0 Å². The Hall–Kier alpha value is -4.65. The number of pyridine rings is 1. The van der Waals surface area contributed by atoms with Gasteiger partial charge in [0.15, 0.2) is 11.6 Å². The minimum atomic E-state index is -0.844. The van der Waals surface area contributed by atoms with Crippen molar-refractivity contribution < 1.29 is 28.2 Å². The Morgan fingerprint density at radius 1 is 1.20 bits per heavy atom. The van der Waals surface area contributed by atoms with Crippen LogP contribution in [0.1, 0.15) is 39.2 Å². The number of para-hydroxylation sites is 1. The highest BCUT2D eigenvalue weighted by Gasteiger charge is 2.28. The number of rotatable bonds is 7. The number of hydrogen-bond donors (Lipinski definition) is 3. The van der Waals surface area contributed by atoms with Gasteiger partial charge in [0, 0.05) is 43.0 Å². The Balaban J connectivity index is 1.10. The number of nitrogens with two attached hydrogens (primary N) is 1. The van der Waals surface area contributed by atoms with Crippen LogP contribution in [0.3, 0.4) is 0 Å². The number of benzene rings is 2. The van der Waals surface area contributed by atoms with Gasteiger partial charge >= 0.3 is 0 Å². The molecule has 2 aliphatic rings. The molecule has 0 saturated carbocycles. The smallest absolute Gasteiger partial charge is 0.219 e. The van der Waals surface area contributed by atoms with Crippen molar-refractivity contribution in [1.29, 1.82) is 0 Å². The Kier molecular flexibility index (Phi) is 7.11. The number of anilines is 1. The van der Waals surface area contributed by atoms with Gasteiger partial charge in [-0.2, -0.15) is 5.10 Å². The van der Waals surface area contributed by atoms with Gasteiger partial charge in [-0.25, -0.2) is 18.4 Å². The summed E-state index contributed by atoms with van der Waals surface area (Å²) in [6, 6.07) is 10.9. The minimum absolute atomic E-state index is 0.00697. The third-order valence-electron chi connectivity index (χ3n) is 8.31. The zero-order valence-electron chi connectivity index (χ0n) is 23.9. The van der Waals surface area contributed by atoms with Crippen LogP contribution in [0, 0.1) is 18.6 Å². The van der Waals surface area contributed by atoms with E-state index < -0.39 is 17.4 Å². The Morgan fingerprint density at radius 2 is 2.02 bits per heavy atom. The van der Waals surface area contributed by atoms with Gasteiger partial charge in [-0.1, -0.05) is 12.1 Å². The van der Waals surface area contributed by atoms with Gasteiger partial charge in [0.25, 0.3) is 0 Å². The van der Waals surface area contributed by atoms with E-state index in [0.29, 0.717) is 30.0 Å². The molecule has 2 atom stereocenters. The molecule has 226 valence electrons. The standard InChI is InChI=1S/C32H30F2N6O4/c1-17-9-29(44-31-24(33)3-2-4-25(31)34)36-13-28(17)40-32(35)23(12-37-40)30(42)27-11-22-21-7-8-39(15-20-10-19(41)16-43-20)14-18(21)5-6-26(22)38-27/h2-6,9,11-13,19-20,38,41H,7-8,10,14-16,35H2,1H3. The second kappa shape index (κ2) is 11.1. The number of ketones is 1. The lowest BCUT2D eigenvalue weighted by Crippen LogP contribution is -2.36. The van der Waals surface area contributed by atoms with Crippen LogP contribution in [0.4, 0.5) is 14.6 Å². The Labute approximate surface area is 251 Å². The first-order valence-corrected chi connectivity index (χ1v) is 14.4. The largest absolute Gasteiger partial charge is 0.433 e. The number of aliphatic hydroxyl groups is 1. The third-order valence-corrected chi connectivity index (χ3v) is 8.31. The van der Waals surface area contributed by atoms with Crippen molar-refractivity contribution in [2.24, 2.45) is 0 Å². The number of H-pyrrole nitrogens is 1. The van der Waals surface area contributed by atoms with Gasteiger partial charge in [-0.05, 0) is 54.3 Å². The fraction of sp³-hybridized carbons (Fsp3) is 0.281. The van der Waals surface area contributed by atoms with Gasteiger partial charge in [-0.15, -0.1) is 0 Å². The Morgan fingerprint density at radius 3 is 2.77 bits per heavy atom. The van der Waals surface area contributed by atoms with Crippen molar-refractivity contribution in [3.63, 3.8) is 0 Å². The zero-order valence-corrected chi connectivity index (χ0v) is 23.9. The average Bonchev–Trinajstić information content (AvgIpc) is 3.73. The van der Waals surface area contributed by atoms with E-state index in [4.69, 9.17) is 15.2 Å². The van der Waals surface area contributed by atoms with Gasteiger partial charge in [0.2, 0.25) is 17.4 Å². The predicted octanol–water partition coefficient (Wildman–Crippen LogP) is 4.45. The first-order chi connectivity index (χ1) is 21.2. The molecular weight excluding hydrogens is 570 g/mol. The summed E-state index contributed by atoms with van der Waals surface area (Å²) in [5.74, 6) is -2.41. The molecule has 2 unspecified atom stereocenters. The van der Waals surface area contributed by atoms with Crippen LogP contribution in [0.5, 0.6) is 11.6 Å². The number of aromatic nitrogens is 4. The number of halogens is 2. The number of ether oxygens (including phenoxy) is 2. The molecule has 2 aromatic carbocycles. The first kappa shape index (κ1) is 28.1. The van der Waals surface area contributed by atoms with Crippen molar-refractivity contribution in [3.05, 3.63) is 94.4 Å². The minimum Gasteiger partial charge on any atom is -0.433 e. The van der Waals surface area contributed by atoms with Crippen LogP contribution in [-0.4, -0.2) is 67.4 Å². The molecule has 0 bridgehead atoms. The molecule has 0 amide bonds. The van der Waals surface area contributed by atoms with Crippen LogP contribution in [0.2, 0.25) is 0 Å². The van der Waals surface area contributed by atoms with Crippen molar-refractivity contribution in [2.75, 3.05) is 25.4 Å². The maximum Gasteiger partial charge on any atom is 0.219 e. The van der Waals surface area contributed by atoms with Crippen LogP contribution in [0.15, 0.2) is 54.9 Å². The highest BCUT2D eigenvalue weighted by molar-refractivity contribution is 6.12. The quantitative estimate of drug-likeness (QED) is 0.234. The molecule has 0 aliphatic carbocycles. The van der Waals surface area contributed by atoms with Crippen molar-refractivity contribution in [1.82, 2.24) is 24.6 Å². The number of aliphatic hydroxyl groups excluding tert-OH is 1. The number of hydrogen-bond acceptors (Lipinski definition) is 8. The normalized spacial score (nSPS) is 18.5. The molecule has 12 heteroatoms. The van der Waals surface area contributed by atoms with Crippen molar-refractivity contribution in [2.45, 2.75) is 38.5 Å². The number of carbonyl (C=O) groups excluding carboxylic acids is 1. The lowest BCUT2D eigenvalue weighted by Gasteiger charge is -2.30. The summed E-state index contributed by atoms with van der Waals surface area (Å²) in [6.45, 7) is 4.57. The highest BCUT2D eigenvalue weighted by Crippen LogP contribution is 2.32. The second-order valence-corrected chi connectivity index (χ2v) is 11.3. The fourth-order valence-corrected chi connectivity index (χ4v) is 6.08. The molecule has 0 spiro atoms. The van der Waals surface area contributed by atoms with E-state index in [1.54, 1.807) is 6.92 Å². The average molecular weight is 601 g/mol. The predicted molar refractivity (Wildman–Crippen MR) is 158 cm³/mol. The molecule has 4 N–H and O–H groups in total. The maximum absolute atomic E-state index is 14.0. The van der Waals surface area contributed by atoms with Gasteiger partial charge in [0.1, 0.15) is 5.82 Å². The number of carbonyl (C=O) groups is 1. The lowest BCUT2D eigenvalue weighted by molar-refractivity contribution is 0.0599. The maximum atomic E-state index is 14.0. The molecule has 1 saturated heterocycles. The van der Waals surface area contributed by atoms with E-state index in [-0.39, 0.29) is 35.3 Å². The van der Waals surface area contributed by atoms with E-state index in [1.165, 1.54) is 40.3 Å². The molecule has 5 aromatic rings. The number of aryl methyl sites for hydroxylation is 1. The Bertz CT molecular complexity index is 1880. The second-order valence-electron chi connectivity index (χ2n) is 11.3. The number of nitrogen functional groups attached to an aromatic ring is 1. The van der Waals surface area contributed by atoms with E-state index in [1.807, 2.05) is 12.1 Å². The van der Waals surface area contributed by atoms with Crippen LogP contribution < -0.4 is 10.5 Å². The lowest BCUT2D eigenvalue weighted by atomic mass is 9.95. The monoisotopic (exact) mass is 600 g/mol. The van der Waals surface area contributed by atoms with Gasteiger partial charge < -0.3 is 25.3 Å². The molecular formula is C32H30F2N6O4. The third kappa shape index (κ3) is 5.10. The molecule has 10 nitrogen and oxygen atoms in total. The highest BCUT2D eigenvalue weighted by atomic mass is 19.1. The number of nitrogens with zero attached hydrogens (tertiary/aromatic N) is 4. The molecule has 3 aromatic heterocycles. The molecule has 5 heterocycles. The molecule has 0 radical (unpaired) electrons. The summed E-state index contributed by atoms with van der Waals surface area (Å²) >= 11 is 0. The topological polar surface area (TPSA) is 132 Å². The SMILES string of the molecule is Cc1cc(Oc2c(F)cccc2F)ncc1-n1ncc(C(=O)c2cc3c4c(ccc3[nH]2)CN(CC2CC(O)CO2)CC4)c1N. The van der Waals surface area contributed by atoms with Gasteiger partial charge in [-0.3, -0.25) is 9.69 Å². The van der Waals surface area contributed by atoms with E-state index in [0.717, 1.165) is 49.1 Å². The van der Waals surface area contributed by atoms with E-state index in [2.05, 4.69) is 26.0 Å². The van der Waals surface area contributed by atoms with Crippen LogP contribution >= 0.6 is 0 Å². The number of aromatic amines is 1. The van der Waals surface area contributed by atoms with Crippen molar-refractivity contribution in [3.8, 4) is 17.3 Å². The van der Waals surface area contributed by atoms with Crippen LogP contribution in [-0.2, 0) is 17.7 Å². The molecule has 44 heavy (non-hydrogen) atoms. The summed E-state index contributed by atoms with van der Waals surface area (Å²) in [5, 5.41) is 15.1. The summed E-state index contributed by atoms with van der Waals surface area (Å²) in [6.07, 6.45) is 4.00. The van der Waals surface area contributed by atoms with E-state index in [9.17, 15) is 18.7 Å². The summed E-state index contributed by atoms with van der Waals surface area (Å²) < 4.78 is 40.5. The van der Waals surface area contributed by atoms with Crippen molar-refractivity contribution >= 4 is 22.5 Å². The van der Waals surface area contributed by atoms with Crippen LogP contribution in [0.25, 0.3) is 16.6 Å². The summed E-state index contributed by atoms with van der Waals surface area (Å²) in [5.41, 5.74) is 11.4. The molecule has 1 fully saturated rings. The molecule has 7 rings (SSSR count). The molecule has 2 aliphatic heterocycles. The summed E-state index contributed by atoms with van der Waals surface area (Å²) in [7, 11) is 0.